The van der Waals surface area contributed by atoms with E-state index in [0.29, 0.717) is 12.3 Å². The first-order chi connectivity index (χ1) is 9.54. The lowest BCUT2D eigenvalue weighted by molar-refractivity contribution is -0.122. The van der Waals surface area contributed by atoms with Crippen LogP contribution < -0.4 is 10.6 Å². The van der Waals surface area contributed by atoms with Crippen molar-refractivity contribution in [1.82, 2.24) is 10.6 Å². The van der Waals surface area contributed by atoms with E-state index in [1.807, 2.05) is 19.2 Å². The minimum atomic E-state index is 0.123. The Kier molecular flexibility index (Phi) is 7.31. The van der Waals surface area contributed by atoms with Gasteiger partial charge in [0.2, 0.25) is 5.91 Å². The molecule has 0 saturated heterocycles. The minimum Gasteiger partial charge on any atom is -0.349 e. The van der Waals surface area contributed by atoms with E-state index >= 15 is 0 Å². The smallest absolute Gasteiger partial charge is 0.220 e. The first kappa shape index (κ1) is 16.7. The fourth-order valence-electron chi connectivity index (χ4n) is 2.41. The molecule has 1 atom stereocenters. The van der Waals surface area contributed by atoms with E-state index in [0.717, 1.165) is 19.4 Å². The fraction of sp³-hybridized carbons (Fsp3) is 0.588. The van der Waals surface area contributed by atoms with Gasteiger partial charge in [-0.3, -0.25) is 4.79 Å². The molecule has 0 heterocycles. The lowest BCUT2D eigenvalue weighted by Gasteiger charge is -2.23. The van der Waals surface area contributed by atoms with Gasteiger partial charge in [0.15, 0.2) is 0 Å². The first-order valence-corrected chi connectivity index (χ1v) is 7.54. The predicted octanol–water partition coefficient (Wildman–Crippen LogP) is 3.20. The quantitative estimate of drug-likeness (QED) is 0.716. The molecule has 2 N–H and O–H groups in total. The number of aryl methyl sites for hydroxylation is 1. The molecule has 1 rings (SSSR count). The lowest BCUT2D eigenvalue weighted by Crippen LogP contribution is -2.30. The molecule has 0 fully saturated rings. The number of benzene rings is 1. The topological polar surface area (TPSA) is 41.1 Å². The van der Waals surface area contributed by atoms with Crippen LogP contribution in [0.1, 0.15) is 50.3 Å². The highest BCUT2D eigenvalue weighted by atomic mass is 16.1. The van der Waals surface area contributed by atoms with Gasteiger partial charge in [-0.1, -0.05) is 38.1 Å². The fourth-order valence-corrected chi connectivity index (χ4v) is 2.41. The second-order valence-corrected chi connectivity index (χ2v) is 5.81. The average Bonchev–Trinajstić information content (AvgIpc) is 2.38. The SMILES string of the molecule is CNCCCC(=O)NC(CC(C)C)c1ccccc1C. The molecule has 20 heavy (non-hydrogen) atoms. The Labute approximate surface area is 123 Å². The molecule has 3 nitrogen and oxygen atoms in total. The van der Waals surface area contributed by atoms with Gasteiger partial charge >= 0.3 is 0 Å². The van der Waals surface area contributed by atoms with Gasteiger partial charge in [-0.05, 0) is 50.4 Å². The summed E-state index contributed by atoms with van der Waals surface area (Å²) in [5.41, 5.74) is 2.48. The summed E-state index contributed by atoms with van der Waals surface area (Å²) in [6.45, 7) is 7.37. The van der Waals surface area contributed by atoms with Crippen LogP contribution >= 0.6 is 0 Å². The van der Waals surface area contributed by atoms with Gasteiger partial charge < -0.3 is 10.6 Å². The summed E-state index contributed by atoms with van der Waals surface area (Å²) < 4.78 is 0. The molecule has 0 aliphatic carbocycles. The largest absolute Gasteiger partial charge is 0.349 e. The highest BCUT2D eigenvalue weighted by Crippen LogP contribution is 2.24. The highest BCUT2D eigenvalue weighted by Gasteiger charge is 2.17. The maximum atomic E-state index is 12.1. The van der Waals surface area contributed by atoms with Gasteiger partial charge in [0.1, 0.15) is 0 Å². The molecule has 0 saturated carbocycles. The molecule has 0 radical (unpaired) electrons. The third-order valence-corrected chi connectivity index (χ3v) is 3.44. The molecule has 1 aromatic carbocycles. The number of hydrogen-bond acceptors (Lipinski definition) is 2. The second-order valence-electron chi connectivity index (χ2n) is 5.81. The van der Waals surface area contributed by atoms with Crippen LogP contribution in [0.5, 0.6) is 0 Å². The summed E-state index contributed by atoms with van der Waals surface area (Å²) in [6.07, 6.45) is 2.44. The molecule has 1 aromatic rings. The molecule has 0 aliphatic heterocycles. The lowest BCUT2D eigenvalue weighted by atomic mass is 9.93. The van der Waals surface area contributed by atoms with Crippen molar-refractivity contribution >= 4 is 5.91 Å². The zero-order chi connectivity index (χ0) is 15.0. The van der Waals surface area contributed by atoms with Crippen LogP contribution in [-0.4, -0.2) is 19.5 Å². The summed E-state index contributed by atoms with van der Waals surface area (Å²) in [5.74, 6) is 0.700. The normalized spacial score (nSPS) is 12.4. The first-order valence-electron chi connectivity index (χ1n) is 7.54. The van der Waals surface area contributed by atoms with E-state index in [1.165, 1.54) is 11.1 Å². The standard InChI is InChI=1S/C17H28N2O/c1-13(2)12-16(15-9-6-5-8-14(15)3)19-17(20)10-7-11-18-4/h5-6,8-9,13,16,18H,7,10-12H2,1-4H3,(H,19,20). The Morgan fingerprint density at radius 2 is 1.95 bits per heavy atom. The zero-order valence-corrected chi connectivity index (χ0v) is 13.2. The summed E-state index contributed by atoms with van der Waals surface area (Å²) >= 11 is 0. The van der Waals surface area contributed by atoms with Crippen molar-refractivity contribution < 1.29 is 4.79 Å². The maximum absolute atomic E-state index is 12.1. The molecule has 112 valence electrons. The summed E-state index contributed by atoms with van der Waals surface area (Å²) in [4.78, 5) is 12.1. The molecule has 1 unspecified atom stereocenters. The Hall–Kier alpha value is -1.35. The summed E-state index contributed by atoms with van der Waals surface area (Å²) in [5, 5.41) is 6.27. The van der Waals surface area contributed by atoms with E-state index in [1.54, 1.807) is 0 Å². The van der Waals surface area contributed by atoms with E-state index < -0.39 is 0 Å². The molecule has 0 aromatic heterocycles. The van der Waals surface area contributed by atoms with Gasteiger partial charge in [0.05, 0.1) is 6.04 Å². The number of rotatable bonds is 8. The average molecular weight is 276 g/mol. The molecule has 3 heteroatoms. The van der Waals surface area contributed by atoms with Gasteiger partial charge in [-0.2, -0.15) is 0 Å². The highest BCUT2D eigenvalue weighted by molar-refractivity contribution is 5.76. The molecule has 0 bridgehead atoms. The van der Waals surface area contributed by atoms with Gasteiger partial charge in [-0.15, -0.1) is 0 Å². The minimum absolute atomic E-state index is 0.123. The van der Waals surface area contributed by atoms with Crippen LogP contribution in [0, 0.1) is 12.8 Å². The summed E-state index contributed by atoms with van der Waals surface area (Å²) in [7, 11) is 1.91. The van der Waals surface area contributed by atoms with Crippen molar-refractivity contribution in [1.29, 1.82) is 0 Å². The van der Waals surface area contributed by atoms with Crippen molar-refractivity contribution in [2.75, 3.05) is 13.6 Å². The second kappa shape index (κ2) is 8.75. The number of carbonyl (C=O) groups excluding carboxylic acids is 1. The predicted molar refractivity (Wildman–Crippen MR) is 84.7 cm³/mol. The van der Waals surface area contributed by atoms with E-state index in [2.05, 4.69) is 43.5 Å². The molecule has 1 amide bonds. The van der Waals surface area contributed by atoms with Crippen LogP contribution in [0.4, 0.5) is 0 Å². The van der Waals surface area contributed by atoms with E-state index in [4.69, 9.17) is 0 Å². The molecular weight excluding hydrogens is 248 g/mol. The Balaban J connectivity index is 2.70. The molecule has 0 aliphatic rings. The van der Waals surface area contributed by atoms with Crippen molar-refractivity contribution in [3.8, 4) is 0 Å². The molecule has 0 spiro atoms. The van der Waals surface area contributed by atoms with Gasteiger partial charge in [0.25, 0.3) is 0 Å². The van der Waals surface area contributed by atoms with Crippen LogP contribution in [0.3, 0.4) is 0 Å². The Morgan fingerprint density at radius 1 is 1.25 bits per heavy atom. The Bertz CT molecular complexity index is 415. The number of nitrogens with one attached hydrogen (secondary N) is 2. The van der Waals surface area contributed by atoms with Crippen molar-refractivity contribution in [2.45, 2.75) is 46.1 Å². The summed E-state index contributed by atoms with van der Waals surface area (Å²) in [6, 6.07) is 8.44. The van der Waals surface area contributed by atoms with E-state index in [-0.39, 0.29) is 11.9 Å². The van der Waals surface area contributed by atoms with Crippen molar-refractivity contribution in [3.63, 3.8) is 0 Å². The Morgan fingerprint density at radius 3 is 2.55 bits per heavy atom. The molecular formula is C17H28N2O. The van der Waals surface area contributed by atoms with Gasteiger partial charge in [-0.25, -0.2) is 0 Å². The third-order valence-electron chi connectivity index (χ3n) is 3.44. The van der Waals surface area contributed by atoms with Crippen LogP contribution in [-0.2, 0) is 4.79 Å². The van der Waals surface area contributed by atoms with Crippen molar-refractivity contribution in [2.24, 2.45) is 5.92 Å². The monoisotopic (exact) mass is 276 g/mol. The third kappa shape index (κ3) is 5.74. The maximum Gasteiger partial charge on any atom is 0.220 e. The van der Waals surface area contributed by atoms with Crippen LogP contribution in [0.15, 0.2) is 24.3 Å². The number of carbonyl (C=O) groups is 1. The van der Waals surface area contributed by atoms with Gasteiger partial charge in [0, 0.05) is 6.42 Å². The van der Waals surface area contributed by atoms with Crippen LogP contribution in [0.2, 0.25) is 0 Å². The number of hydrogen-bond donors (Lipinski definition) is 2. The van der Waals surface area contributed by atoms with Crippen molar-refractivity contribution in [3.05, 3.63) is 35.4 Å². The number of amides is 1. The van der Waals surface area contributed by atoms with Crippen LogP contribution in [0.25, 0.3) is 0 Å². The zero-order valence-electron chi connectivity index (χ0n) is 13.2. The van der Waals surface area contributed by atoms with E-state index in [9.17, 15) is 4.79 Å².